The summed E-state index contributed by atoms with van der Waals surface area (Å²) in [5, 5.41) is 2.79. The number of benzene rings is 1. The third-order valence-corrected chi connectivity index (χ3v) is 3.30. The minimum atomic E-state index is -0.776. The molecule has 4 nitrogen and oxygen atoms in total. The molecule has 3 N–H and O–H groups in total. The monoisotopic (exact) mass is 232 g/mol. The molecule has 0 fully saturated rings. The number of nitrogens with one attached hydrogen (secondary N) is 1. The molecule has 0 saturated heterocycles. The average molecular weight is 232 g/mol. The van der Waals surface area contributed by atoms with Gasteiger partial charge in [-0.1, -0.05) is 6.07 Å². The minimum Gasteiger partial charge on any atom is -0.399 e. The first-order valence-electron chi connectivity index (χ1n) is 5.60. The fourth-order valence-corrected chi connectivity index (χ4v) is 2.46. The Labute approximate surface area is 100 Å². The maximum Gasteiger partial charge on any atom is 0.217 e. The molecule has 0 spiro atoms. The van der Waals surface area contributed by atoms with Gasteiger partial charge < -0.3 is 11.1 Å². The van der Waals surface area contributed by atoms with E-state index in [1.54, 1.807) is 0 Å². The summed E-state index contributed by atoms with van der Waals surface area (Å²) in [4.78, 5) is 23.1. The third kappa shape index (κ3) is 2.02. The molecule has 4 heteroatoms. The largest absolute Gasteiger partial charge is 0.399 e. The van der Waals surface area contributed by atoms with Crippen molar-refractivity contribution in [3.63, 3.8) is 0 Å². The number of fused-ring (bicyclic) bond motifs is 1. The summed E-state index contributed by atoms with van der Waals surface area (Å²) in [6, 6.07) is 5.63. The van der Waals surface area contributed by atoms with Crippen LogP contribution in [0.5, 0.6) is 0 Å². The van der Waals surface area contributed by atoms with Crippen LogP contribution in [0.15, 0.2) is 18.2 Å². The van der Waals surface area contributed by atoms with Crippen molar-refractivity contribution in [1.29, 1.82) is 0 Å². The van der Waals surface area contributed by atoms with Crippen molar-refractivity contribution in [2.75, 3.05) is 5.73 Å². The van der Waals surface area contributed by atoms with Crippen LogP contribution in [0.2, 0.25) is 0 Å². The van der Waals surface area contributed by atoms with Gasteiger partial charge in [-0.25, -0.2) is 0 Å². The van der Waals surface area contributed by atoms with E-state index in [1.165, 1.54) is 13.8 Å². The highest BCUT2D eigenvalue weighted by atomic mass is 16.2. The van der Waals surface area contributed by atoms with Crippen LogP contribution in [-0.4, -0.2) is 17.2 Å². The Kier molecular flexibility index (Phi) is 2.65. The van der Waals surface area contributed by atoms with Crippen LogP contribution < -0.4 is 11.1 Å². The van der Waals surface area contributed by atoms with Crippen LogP contribution in [0, 0.1) is 0 Å². The lowest BCUT2D eigenvalue weighted by Crippen LogP contribution is -2.53. The Hall–Kier alpha value is -1.84. The predicted octanol–water partition coefficient (Wildman–Crippen LogP) is 0.831. The zero-order chi connectivity index (χ0) is 12.6. The van der Waals surface area contributed by atoms with Crippen molar-refractivity contribution >= 4 is 17.4 Å². The van der Waals surface area contributed by atoms with Crippen molar-refractivity contribution in [2.45, 2.75) is 32.2 Å². The second-order valence-electron chi connectivity index (χ2n) is 4.70. The predicted molar refractivity (Wildman–Crippen MR) is 65.5 cm³/mol. The van der Waals surface area contributed by atoms with Gasteiger partial charge in [0.15, 0.2) is 5.78 Å². The summed E-state index contributed by atoms with van der Waals surface area (Å²) in [7, 11) is 0. The minimum absolute atomic E-state index is 0.0116. The van der Waals surface area contributed by atoms with Gasteiger partial charge in [-0.05, 0) is 30.2 Å². The fourth-order valence-electron chi connectivity index (χ4n) is 2.46. The fraction of sp³-hybridized carbons (Fsp3) is 0.385. The quantitative estimate of drug-likeness (QED) is 0.742. The third-order valence-electron chi connectivity index (χ3n) is 3.30. The number of nitrogen functional groups attached to an aromatic ring is 1. The lowest BCUT2D eigenvalue weighted by molar-refractivity contribution is -0.129. The van der Waals surface area contributed by atoms with Crippen molar-refractivity contribution in [2.24, 2.45) is 0 Å². The molecule has 90 valence electrons. The number of hydrogen-bond donors (Lipinski definition) is 2. The Morgan fingerprint density at radius 3 is 2.47 bits per heavy atom. The van der Waals surface area contributed by atoms with E-state index in [9.17, 15) is 9.59 Å². The molecule has 1 aromatic carbocycles. The summed E-state index contributed by atoms with van der Waals surface area (Å²) in [5.41, 5.74) is 7.77. The van der Waals surface area contributed by atoms with Crippen LogP contribution in [-0.2, 0) is 22.4 Å². The number of anilines is 1. The number of rotatable bonds is 2. The molecule has 1 aliphatic rings. The van der Waals surface area contributed by atoms with Gasteiger partial charge in [0.1, 0.15) is 5.54 Å². The number of hydrogen-bond acceptors (Lipinski definition) is 3. The van der Waals surface area contributed by atoms with E-state index in [2.05, 4.69) is 5.32 Å². The molecular formula is C13H16N2O2. The zero-order valence-corrected chi connectivity index (χ0v) is 10.0. The highest BCUT2D eigenvalue weighted by Crippen LogP contribution is 2.32. The molecule has 1 unspecified atom stereocenters. The second-order valence-corrected chi connectivity index (χ2v) is 4.70. The maximum absolute atomic E-state index is 11.8. The Bertz CT molecular complexity index is 496. The molecule has 0 saturated carbocycles. The van der Waals surface area contributed by atoms with Crippen LogP contribution in [0.1, 0.15) is 25.0 Å². The first-order valence-corrected chi connectivity index (χ1v) is 5.60. The molecular weight excluding hydrogens is 216 g/mol. The zero-order valence-electron chi connectivity index (χ0n) is 10.0. The maximum atomic E-state index is 11.8. The van der Waals surface area contributed by atoms with E-state index < -0.39 is 5.54 Å². The number of carbonyl (C=O) groups is 2. The van der Waals surface area contributed by atoms with Gasteiger partial charge in [-0.15, -0.1) is 0 Å². The van der Waals surface area contributed by atoms with Crippen LogP contribution in [0.4, 0.5) is 5.69 Å². The number of nitrogens with two attached hydrogens (primary N) is 1. The number of Topliss-reactive ketones (excluding diaryl/α,β-unsaturated/α-hetero) is 1. The van der Waals surface area contributed by atoms with Crippen molar-refractivity contribution in [3.8, 4) is 0 Å². The van der Waals surface area contributed by atoms with Gasteiger partial charge >= 0.3 is 0 Å². The Morgan fingerprint density at radius 1 is 1.24 bits per heavy atom. The SMILES string of the molecule is CC(=O)NC1(C(C)=O)Cc2ccc(N)cc2C1. The number of ketones is 1. The van der Waals surface area contributed by atoms with Gasteiger partial charge in [0.2, 0.25) is 5.91 Å². The molecule has 1 aromatic rings. The number of amides is 1. The van der Waals surface area contributed by atoms with Gasteiger partial charge in [-0.2, -0.15) is 0 Å². The molecule has 0 aromatic heterocycles. The van der Waals surface area contributed by atoms with E-state index >= 15 is 0 Å². The van der Waals surface area contributed by atoms with Crippen molar-refractivity contribution in [3.05, 3.63) is 29.3 Å². The number of carbonyl (C=O) groups excluding carboxylic acids is 2. The van der Waals surface area contributed by atoms with E-state index in [0.29, 0.717) is 18.5 Å². The normalized spacial score (nSPS) is 22.0. The summed E-state index contributed by atoms with van der Waals surface area (Å²) in [6.45, 7) is 2.95. The molecule has 2 rings (SSSR count). The summed E-state index contributed by atoms with van der Waals surface area (Å²) >= 11 is 0. The van der Waals surface area contributed by atoms with E-state index in [1.807, 2.05) is 18.2 Å². The first kappa shape index (κ1) is 11.6. The average Bonchev–Trinajstić information content (AvgIpc) is 2.55. The van der Waals surface area contributed by atoms with Crippen LogP contribution in [0.3, 0.4) is 0 Å². The summed E-state index contributed by atoms with van der Waals surface area (Å²) in [5.74, 6) is -0.191. The highest BCUT2D eigenvalue weighted by molar-refractivity contribution is 5.92. The first-order chi connectivity index (χ1) is 7.93. The van der Waals surface area contributed by atoms with E-state index in [0.717, 1.165) is 11.1 Å². The summed E-state index contributed by atoms with van der Waals surface area (Å²) in [6.07, 6.45) is 1.08. The lowest BCUT2D eigenvalue weighted by Gasteiger charge is -2.26. The Morgan fingerprint density at radius 2 is 1.88 bits per heavy atom. The lowest BCUT2D eigenvalue weighted by atomic mass is 9.91. The van der Waals surface area contributed by atoms with Gasteiger partial charge in [0.25, 0.3) is 0 Å². The van der Waals surface area contributed by atoms with Crippen molar-refractivity contribution in [1.82, 2.24) is 5.32 Å². The van der Waals surface area contributed by atoms with Gasteiger partial charge in [0.05, 0.1) is 0 Å². The molecule has 1 atom stereocenters. The van der Waals surface area contributed by atoms with Crippen molar-refractivity contribution < 1.29 is 9.59 Å². The van der Waals surface area contributed by atoms with Crippen LogP contribution >= 0.6 is 0 Å². The van der Waals surface area contributed by atoms with Gasteiger partial charge in [0, 0.05) is 25.5 Å². The topological polar surface area (TPSA) is 72.2 Å². The highest BCUT2D eigenvalue weighted by Gasteiger charge is 2.42. The molecule has 17 heavy (non-hydrogen) atoms. The molecule has 0 heterocycles. The van der Waals surface area contributed by atoms with E-state index in [4.69, 9.17) is 5.73 Å². The summed E-state index contributed by atoms with van der Waals surface area (Å²) < 4.78 is 0. The second kappa shape index (κ2) is 3.87. The van der Waals surface area contributed by atoms with Crippen LogP contribution in [0.25, 0.3) is 0 Å². The molecule has 1 aliphatic carbocycles. The van der Waals surface area contributed by atoms with Gasteiger partial charge in [-0.3, -0.25) is 9.59 Å². The molecule has 1 amide bonds. The standard InChI is InChI=1S/C13H16N2O2/c1-8(16)13(15-9(2)17)6-10-3-4-12(14)5-11(10)7-13/h3-5H,6-7,14H2,1-2H3,(H,15,17). The smallest absolute Gasteiger partial charge is 0.217 e. The van der Waals surface area contributed by atoms with E-state index in [-0.39, 0.29) is 11.7 Å². The molecule has 0 radical (unpaired) electrons. The Balaban J connectivity index is 2.37. The molecule has 0 bridgehead atoms. The molecule has 0 aliphatic heterocycles.